The van der Waals surface area contributed by atoms with E-state index in [-0.39, 0.29) is 51.0 Å². The molecule has 8 atom stereocenters. The van der Waals surface area contributed by atoms with Crippen LogP contribution in [0.4, 0.5) is 0 Å². The number of aromatic nitrogens is 3. The Balaban J connectivity index is 1.26. The van der Waals surface area contributed by atoms with Crippen LogP contribution in [0.3, 0.4) is 0 Å². The summed E-state index contributed by atoms with van der Waals surface area (Å²) in [5.41, 5.74) is 13.5. The first kappa shape index (κ1) is 61.6. The van der Waals surface area contributed by atoms with E-state index in [1.54, 1.807) is 56.4 Å². The van der Waals surface area contributed by atoms with Crippen LogP contribution in [-0.4, -0.2) is 151 Å². The van der Waals surface area contributed by atoms with Gasteiger partial charge in [0.2, 0.25) is 59.1 Å². The topological polar surface area (TPSA) is 384 Å². The van der Waals surface area contributed by atoms with E-state index >= 15 is 0 Å². The highest BCUT2D eigenvalue weighted by atomic mass is 32.2. The largest absolute Gasteiger partial charge is 0.370 e. The molecule has 1 aliphatic rings. The quantitative estimate of drug-likeness (QED) is 0.0305. The van der Waals surface area contributed by atoms with Crippen molar-refractivity contribution >= 4 is 87.6 Å². The van der Waals surface area contributed by atoms with Gasteiger partial charge >= 0.3 is 0 Å². The lowest BCUT2D eigenvalue weighted by atomic mass is 10.0. The molecule has 5 rings (SSSR count). The summed E-state index contributed by atoms with van der Waals surface area (Å²) < 4.78 is 0. The Hall–Kier alpha value is -8.29. The second kappa shape index (κ2) is 29.5. The van der Waals surface area contributed by atoms with E-state index in [0.717, 1.165) is 10.9 Å². The number of thioether (sulfide) groups is 1. The normalized spacial score (nSPS) is 15.8. The van der Waals surface area contributed by atoms with E-state index in [1.165, 1.54) is 43.0 Å². The van der Waals surface area contributed by atoms with Crippen molar-refractivity contribution < 1.29 is 52.7 Å². The van der Waals surface area contributed by atoms with Crippen LogP contribution in [0.15, 0.2) is 73.3 Å². The molecular weight excluding hydrogens is 1040 g/mol. The van der Waals surface area contributed by atoms with Gasteiger partial charge in [0.1, 0.15) is 42.3 Å². The highest BCUT2D eigenvalue weighted by molar-refractivity contribution is 8.00. The minimum atomic E-state index is -1.42. The fraction of sp³-hybridized carbons (Fsp3) is 0.472. The molecule has 26 heteroatoms. The molecule has 1 unspecified atom stereocenters. The van der Waals surface area contributed by atoms with Crippen molar-refractivity contribution in [3.05, 3.63) is 90.1 Å². The van der Waals surface area contributed by atoms with Gasteiger partial charge in [-0.05, 0) is 48.8 Å². The second-order valence-corrected chi connectivity index (χ2v) is 21.2. The minimum absolute atomic E-state index is 0.0627. The van der Waals surface area contributed by atoms with Gasteiger partial charge in [-0.3, -0.25) is 52.7 Å². The molecule has 0 spiro atoms. The van der Waals surface area contributed by atoms with Crippen molar-refractivity contribution in [1.29, 1.82) is 0 Å². The number of rotatable bonds is 29. The molecule has 1 aliphatic heterocycles. The molecule has 0 aliphatic carbocycles. The number of nitrogens with one attached hydrogen (secondary N) is 10. The third kappa shape index (κ3) is 18.7. The molecule has 79 heavy (non-hydrogen) atoms. The predicted octanol–water partition coefficient (Wildman–Crippen LogP) is -1.18. The van der Waals surface area contributed by atoms with E-state index in [9.17, 15) is 52.7 Å². The first-order valence-corrected chi connectivity index (χ1v) is 27.0. The van der Waals surface area contributed by atoms with Crippen molar-refractivity contribution in [3.63, 3.8) is 0 Å². The number of benzene rings is 2. The van der Waals surface area contributed by atoms with Crippen molar-refractivity contribution in [2.45, 2.75) is 128 Å². The highest BCUT2D eigenvalue weighted by Crippen LogP contribution is 2.25. The zero-order valence-corrected chi connectivity index (χ0v) is 45.8. The number of carbonyl (C=O) groups is 11. The molecule has 4 aromatic rings. The average molecular weight is 1110 g/mol. The maximum Gasteiger partial charge on any atom is 0.250 e. The number of amides is 11. The predicted molar refractivity (Wildman–Crippen MR) is 292 cm³/mol. The van der Waals surface area contributed by atoms with Gasteiger partial charge < -0.3 is 68.9 Å². The third-order valence-corrected chi connectivity index (χ3v) is 14.0. The Morgan fingerprint density at radius 3 is 1.94 bits per heavy atom. The summed E-state index contributed by atoms with van der Waals surface area (Å²) in [4.78, 5) is 159. The molecule has 0 bridgehead atoms. The number of nitrogens with zero attached hydrogens (tertiary/aromatic N) is 2. The minimum Gasteiger partial charge on any atom is -0.370 e. The lowest BCUT2D eigenvalue weighted by Crippen LogP contribution is -2.60. The van der Waals surface area contributed by atoms with Crippen LogP contribution >= 0.6 is 11.8 Å². The standard InChI is InChI=1S/C53H72N14O11S/c1-28(2)20-41(52(78)67-18-19-79-53(67)45(55)71)65-50(76)40(23-34-25-56-27-59-34)62-43(70)26-58-51(77)44(29(3)4)66-46(72)30(5)60-48(74)39(22-33-24-57-36-15-11-10-14-35(33)36)64-47(73)37(16-17-42(54)69)63-49(75)38(61-31(6)68)21-32-12-8-7-9-13-32/h7-15,24-25,27-30,37-41,44,53,57H,16-23,26H2,1-6H3,(H2,54,69)(H2,55,71)(H,56,59)(H,58,77)(H,60,74)(H,61,68)(H,62,70)(H,63,75)(H,64,73)(H,65,76)(H,66,72)/t30-,37-,38-,39-,40-,41-,44-,53?/m0/s1. The molecule has 0 radical (unpaired) electrons. The average Bonchev–Trinajstić information content (AvgIpc) is 4.22. The molecule has 2 aromatic carbocycles. The molecule has 1 fully saturated rings. The number of nitrogens with two attached hydrogens (primary N) is 2. The Bertz CT molecular complexity index is 2810. The van der Waals surface area contributed by atoms with Gasteiger partial charge in [0, 0.05) is 73.9 Å². The molecule has 25 nitrogen and oxygen atoms in total. The number of aromatic amines is 2. The third-order valence-electron chi connectivity index (χ3n) is 12.8. The first-order chi connectivity index (χ1) is 37.5. The molecule has 426 valence electrons. The molecule has 14 N–H and O–H groups in total. The summed E-state index contributed by atoms with van der Waals surface area (Å²) in [6, 6.07) is 7.20. The molecule has 11 amide bonds. The number of imidazole rings is 1. The van der Waals surface area contributed by atoms with E-state index < -0.39 is 125 Å². The number of hydrogen-bond donors (Lipinski definition) is 12. The number of para-hydroxylation sites is 1. The molecule has 1 saturated heterocycles. The first-order valence-electron chi connectivity index (χ1n) is 25.9. The summed E-state index contributed by atoms with van der Waals surface area (Å²) >= 11 is 1.22. The summed E-state index contributed by atoms with van der Waals surface area (Å²) in [7, 11) is 0. The van der Waals surface area contributed by atoms with Crippen molar-refractivity contribution in [2.75, 3.05) is 18.8 Å². The lowest BCUT2D eigenvalue weighted by Gasteiger charge is -2.29. The van der Waals surface area contributed by atoms with E-state index in [1.807, 2.05) is 32.0 Å². The van der Waals surface area contributed by atoms with E-state index in [2.05, 4.69) is 57.5 Å². The fourth-order valence-corrected chi connectivity index (χ4v) is 9.85. The van der Waals surface area contributed by atoms with Gasteiger partial charge in [0.15, 0.2) is 5.37 Å². The van der Waals surface area contributed by atoms with Gasteiger partial charge in [0.25, 0.3) is 5.91 Å². The maximum atomic E-state index is 14.3. The van der Waals surface area contributed by atoms with Crippen molar-refractivity contribution in [2.24, 2.45) is 23.3 Å². The van der Waals surface area contributed by atoms with Crippen LogP contribution in [0.2, 0.25) is 0 Å². The van der Waals surface area contributed by atoms with Gasteiger partial charge in [-0.2, -0.15) is 0 Å². The van der Waals surface area contributed by atoms with Gasteiger partial charge in [-0.25, -0.2) is 4.98 Å². The smallest absolute Gasteiger partial charge is 0.250 e. The van der Waals surface area contributed by atoms with Crippen LogP contribution in [-0.2, 0) is 72.0 Å². The number of fused-ring (bicyclic) bond motifs is 1. The molecular formula is C53H72N14O11S. The van der Waals surface area contributed by atoms with Crippen LogP contribution < -0.4 is 54.0 Å². The Morgan fingerprint density at radius 1 is 0.684 bits per heavy atom. The zero-order valence-electron chi connectivity index (χ0n) is 45.0. The second-order valence-electron chi connectivity index (χ2n) is 20.1. The Kier molecular flexibility index (Phi) is 23.0. The van der Waals surface area contributed by atoms with Crippen molar-refractivity contribution in [3.8, 4) is 0 Å². The van der Waals surface area contributed by atoms with Crippen molar-refractivity contribution in [1.82, 2.24) is 62.4 Å². The van der Waals surface area contributed by atoms with Crippen LogP contribution in [0.5, 0.6) is 0 Å². The number of hydrogen-bond acceptors (Lipinski definition) is 13. The maximum absolute atomic E-state index is 14.3. The van der Waals surface area contributed by atoms with Crippen LogP contribution in [0.25, 0.3) is 10.9 Å². The summed E-state index contributed by atoms with van der Waals surface area (Å²) in [6.45, 7) is 9.19. The zero-order chi connectivity index (χ0) is 57.9. The summed E-state index contributed by atoms with van der Waals surface area (Å²) in [5.74, 6) is -8.16. The van der Waals surface area contributed by atoms with Gasteiger partial charge in [-0.1, -0.05) is 76.2 Å². The molecule has 0 saturated carbocycles. The summed E-state index contributed by atoms with van der Waals surface area (Å²) in [6.07, 6.45) is 3.97. The van der Waals surface area contributed by atoms with E-state index in [0.29, 0.717) is 22.6 Å². The van der Waals surface area contributed by atoms with Crippen LogP contribution in [0, 0.1) is 11.8 Å². The fourth-order valence-electron chi connectivity index (χ4n) is 8.77. The van der Waals surface area contributed by atoms with Gasteiger partial charge in [-0.15, -0.1) is 11.8 Å². The number of carbonyl (C=O) groups excluding carboxylic acids is 11. The Labute approximate surface area is 461 Å². The monoisotopic (exact) mass is 1110 g/mol. The summed E-state index contributed by atoms with van der Waals surface area (Å²) in [5, 5.41) is 20.8. The number of primary amides is 2. The molecule has 3 heterocycles. The highest BCUT2D eigenvalue weighted by Gasteiger charge is 2.39. The van der Waals surface area contributed by atoms with E-state index in [4.69, 9.17) is 11.5 Å². The Morgan fingerprint density at radius 2 is 1.30 bits per heavy atom. The lowest BCUT2D eigenvalue weighted by molar-refractivity contribution is -0.140. The SMILES string of the molecule is CC(=O)N[C@@H](Cc1ccccc1)C(=O)N[C@@H](CCC(N)=O)C(=O)N[C@@H](Cc1c[nH]c2ccccc12)C(=O)N[C@@H](C)C(=O)N[C@H](C(=O)NCC(=O)N[C@@H](Cc1cnc[nH]1)C(=O)N[C@@H](CC(C)C)C(=O)N1CCSC1C(N)=O)C(C)C. The molecule has 2 aromatic heterocycles. The van der Waals surface area contributed by atoms with Crippen LogP contribution in [0.1, 0.15) is 77.6 Å². The van der Waals surface area contributed by atoms with Gasteiger partial charge in [0.05, 0.1) is 12.9 Å². The number of H-pyrrole nitrogens is 2.